The van der Waals surface area contributed by atoms with Crippen LogP contribution in [0.4, 0.5) is 0 Å². The van der Waals surface area contributed by atoms with Crippen molar-refractivity contribution in [2.75, 3.05) is 40.4 Å². The second kappa shape index (κ2) is 6.83. The van der Waals surface area contributed by atoms with Crippen LogP contribution in [0.15, 0.2) is 0 Å². The molecular formula is C11H23N3O2. The molecule has 0 radical (unpaired) electrons. The number of unbranched alkanes of at least 4 members (excludes halogenated alkanes) is 1. The largest absolute Gasteiger partial charge is 0.379 e. The second-order valence-corrected chi connectivity index (χ2v) is 4.61. The highest BCUT2D eigenvalue weighted by Crippen LogP contribution is 2.11. The van der Waals surface area contributed by atoms with Crippen molar-refractivity contribution in [3.63, 3.8) is 0 Å². The first-order chi connectivity index (χ1) is 7.61. The Hall–Kier alpha value is -0.650. The number of nitrogens with zero attached hydrogens (tertiary/aromatic N) is 1. The standard InChI is InChI=1S/C11H23N3O2/c1-14(2)6-4-3-5-13-11(15)9-7-16-8-10(9)12/h9-10H,3-8,12H2,1-2H3,(H,13,15). The number of nitrogens with two attached hydrogens (primary N) is 1. The van der Waals surface area contributed by atoms with E-state index in [4.69, 9.17) is 10.5 Å². The number of hydrogen-bond donors (Lipinski definition) is 2. The van der Waals surface area contributed by atoms with Crippen LogP contribution in [0.1, 0.15) is 12.8 Å². The average molecular weight is 229 g/mol. The molecule has 5 nitrogen and oxygen atoms in total. The summed E-state index contributed by atoms with van der Waals surface area (Å²) in [4.78, 5) is 13.8. The maximum absolute atomic E-state index is 11.7. The summed E-state index contributed by atoms with van der Waals surface area (Å²) in [6.45, 7) is 2.75. The molecule has 94 valence electrons. The van der Waals surface area contributed by atoms with Gasteiger partial charge in [-0.3, -0.25) is 4.79 Å². The minimum Gasteiger partial charge on any atom is -0.379 e. The maximum atomic E-state index is 11.7. The van der Waals surface area contributed by atoms with Gasteiger partial charge < -0.3 is 20.7 Å². The predicted octanol–water partition coefficient (Wildman–Crippen LogP) is -0.582. The van der Waals surface area contributed by atoms with Crippen LogP contribution >= 0.6 is 0 Å². The molecule has 16 heavy (non-hydrogen) atoms. The highest BCUT2D eigenvalue weighted by Gasteiger charge is 2.30. The van der Waals surface area contributed by atoms with Crippen LogP contribution in [0, 0.1) is 5.92 Å². The summed E-state index contributed by atoms with van der Waals surface area (Å²) < 4.78 is 5.16. The van der Waals surface area contributed by atoms with Crippen LogP contribution in [0.3, 0.4) is 0 Å². The average Bonchev–Trinajstić information content (AvgIpc) is 2.63. The van der Waals surface area contributed by atoms with Gasteiger partial charge in [-0.25, -0.2) is 0 Å². The summed E-state index contributed by atoms with van der Waals surface area (Å²) in [6.07, 6.45) is 2.10. The van der Waals surface area contributed by atoms with Gasteiger partial charge in [-0.15, -0.1) is 0 Å². The van der Waals surface area contributed by atoms with Crippen LogP contribution in [0.2, 0.25) is 0 Å². The molecule has 5 heteroatoms. The quantitative estimate of drug-likeness (QED) is 0.598. The molecule has 1 aliphatic heterocycles. The fourth-order valence-electron chi connectivity index (χ4n) is 1.74. The van der Waals surface area contributed by atoms with E-state index in [1.807, 2.05) is 14.1 Å². The van der Waals surface area contributed by atoms with Crippen LogP contribution in [-0.2, 0) is 9.53 Å². The van der Waals surface area contributed by atoms with E-state index < -0.39 is 0 Å². The maximum Gasteiger partial charge on any atom is 0.227 e. The van der Waals surface area contributed by atoms with Gasteiger partial charge in [0.05, 0.1) is 19.1 Å². The lowest BCUT2D eigenvalue weighted by Crippen LogP contribution is -2.41. The summed E-state index contributed by atoms with van der Waals surface area (Å²) in [5.74, 6) is -0.122. The number of hydrogen-bond acceptors (Lipinski definition) is 4. The molecule has 2 atom stereocenters. The Kier molecular flexibility index (Phi) is 5.73. The third-order valence-corrected chi connectivity index (χ3v) is 2.79. The van der Waals surface area contributed by atoms with Crippen molar-refractivity contribution in [3.8, 4) is 0 Å². The van der Waals surface area contributed by atoms with Crippen molar-refractivity contribution in [1.29, 1.82) is 0 Å². The molecule has 0 saturated carbocycles. The van der Waals surface area contributed by atoms with E-state index in [0.717, 1.165) is 25.9 Å². The Morgan fingerprint density at radius 1 is 1.44 bits per heavy atom. The van der Waals surface area contributed by atoms with E-state index in [1.165, 1.54) is 0 Å². The van der Waals surface area contributed by atoms with Gasteiger partial charge >= 0.3 is 0 Å². The zero-order valence-corrected chi connectivity index (χ0v) is 10.2. The molecule has 0 aromatic rings. The number of carbonyl (C=O) groups excluding carboxylic acids is 1. The normalized spacial score (nSPS) is 25.0. The van der Waals surface area contributed by atoms with E-state index in [-0.39, 0.29) is 17.9 Å². The number of nitrogens with one attached hydrogen (secondary N) is 1. The van der Waals surface area contributed by atoms with Gasteiger partial charge in [-0.05, 0) is 33.5 Å². The molecule has 0 bridgehead atoms. The van der Waals surface area contributed by atoms with Crippen LogP contribution in [0.5, 0.6) is 0 Å². The first-order valence-corrected chi connectivity index (χ1v) is 5.87. The van der Waals surface area contributed by atoms with Gasteiger partial charge in [0.1, 0.15) is 0 Å². The molecule has 0 aromatic carbocycles. The van der Waals surface area contributed by atoms with Gasteiger partial charge in [0.15, 0.2) is 0 Å². The van der Waals surface area contributed by atoms with Crippen molar-refractivity contribution >= 4 is 5.91 Å². The summed E-state index contributed by atoms with van der Waals surface area (Å²) >= 11 is 0. The van der Waals surface area contributed by atoms with E-state index >= 15 is 0 Å². The van der Waals surface area contributed by atoms with Crippen LogP contribution < -0.4 is 11.1 Å². The lowest BCUT2D eigenvalue weighted by Gasteiger charge is -2.13. The van der Waals surface area contributed by atoms with Gasteiger partial charge in [0.2, 0.25) is 5.91 Å². The molecule has 1 fully saturated rings. The van der Waals surface area contributed by atoms with Gasteiger partial charge in [0.25, 0.3) is 0 Å². The summed E-state index contributed by atoms with van der Waals surface area (Å²) in [5, 5.41) is 2.91. The van der Waals surface area contributed by atoms with Crippen molar-refractivity contribution in [2.45, 2.75) is 18.9 Å². The monoisotopic (exact) mass is 229 g/mol. The van der Waals surface area contributed by atoms with Crippen molar-refractivity contribution < 1.29 is 9.53 Å². The predicted molar refractivity (Wildman–Crippen MR) is 63.1 cm³/mol. The first kappa shape index (κ1) is 13.4. The highest BCUT2D eigenvalue weighted by molar-refractivity contribution is 5.79. The highest BCUT2D eigenvalue weighted by atomic mass is 16.5. The number of rotatable bonds is 6. The fraction of sp³-hybridized carbons (Fsp3) is 0.909. The van der Waals surface area contributed by atoms with Gasteiger partial charge in [-0.2, -0.15) is 0 Å². The summed E-state index contributed by atoms with van der Waals surface area (Å²) in [7, 11) is 4.10. The number of amides is 1. The van der Waals surface area contributed by atoms with E-state index in [9.17, 15) is 4.79 Å². The Labute approximate surface area is 97.3 Å². The Balaban J connectivity index is 2.06. The fourth-order valence-corrected chi connectivity index (χ4v) is 1.74. The van der Waals surface area contributed by atoms with Gasteiger partial charge in [0, 0.05) is 12.6 Å². The molecule has 1 saturated heterocycles. The molecule has 0 aliphatic carbocycles. The van der Waals surface area contributed by atoms with E-state index in [0.29, 0.717) is 13.2 Å². The Morgan fingerprint density at radius 3 is 2.75 bits per heavy atom. The number of ether oxygens (including phenoxy) is 1. The molecule has 1 heterocycles. The van der Waals surface area contributed by atoms with Crippen LogP contribution in [-0.4, -0.2) is 57.2 Å². The minimum absolute atomic E-state index is 0.0369. The first-order valence-electron chi connectivity index (χ1n) is 5.87. The molecular weight excluding hydrogens is 206 g/mol. The zero-order valence-electron chi connectivity index (χ0n) is 10.2. The second-order valence-electron chi connectivity index (χ2n) is 4.61. The van der Waals surface area contributed by atoms with Gasteiger partial charge in [-0.1, -0.05) is 0 Å². The summed E-state index contributed by atoms with van der Waals surface area (Å²) in [6, 6.07) is -0.137. The molecule has 2 unspecified atom stereocenters. The lowest BCUT2D eigenvalue weighted by molar-refractivity contribution is -0.125. The molecule has 0 spiro atoms. The molecule has 0 aromatic heterocycles. The zero-order chi connectivity index (χ0) is 12.0. The smallest absolute Gasteiger partial charge is 0.227 e. The molecule has 1 amide bonds. The van der Waals surface area contributed by atoms with Crippen molar-refractivity contribution in [3.05, 3.63) is 0 Å². The molecule has 3 N–H and O–H groups in total. The van der Waals surface area contributed by atoms with Crippen molar-refractivity contribution in [1.82, 2.24) is 10.2 Å². The SMILES string of the molecule is CN(C)CCCCNC(=O)C1COCC1N. The summed E-state index contributed by atoms with van der Waals surface area (Å²) in [5.41, 5.74) is 5.76. The van der Waals surface area contributed by atoms with E-state index in [1.54, 1.807) is 0 Å². The Bertz CT molecular complexity index is 221. The molecule has 1 aliphatic rings. The Morgan fingerprint density at radius 2 is 2.19 bits per heavy atom. The van der Waals surface area contributed by atoms with Crippen LogP contribution in [0.25, 0.3) is 0 Å². The third-order valence-electron chi connectivity index (χ3n) is 2.79. The topological polar surface area (TPSA) is 67.6 Å². The van der Waals surface area contributed by atoms with E-state index in [2.05, 4.69) is 10.2 Å². The van der Waals surface area contributed by atoms with Crippen molar-refractivity contribution in [2.24, 2.45) is 11.7 Å². The minimum atomic E-state index is -0.158. The molecule has 1 rings (SSSR count). The third kappa shape index (κ3) is 4.47. The lowest BCUT2D eigenvalue weighted by atomic mass is 10.0. The number of carbonyl (C=O) groups is 1.